The Morgan fingerprint density at radius 3 is 2.72 bits per heavy atom. The predicted octanol–water partition coefficient (Wildman–Crippen LogP) is 2.58. The number of carbonyl (C=O) groups excluding carboxylic acids is 1. The summed E-state index contributed by atoms with van der Waals surface area (Å²) in [4.78, 5) is 20.1. The molecule has 0 aromatic carbocycles. The quantitative estimate of drug-likeness (QED) is 0.840. The molecule has 0 saturated carbocycles. The van der Waals surface area contributed by atoms with E-state index < -0.39 is 0 Å². The first-order chi connectivity index (χ1) is 8.83. The molecular weight excluding hydrogens is 244 g/mol. The molecule has 0 radical (unpaired) electrons. The summed E-state index contributed by atoms with van der Waals surface area (Å²) in [6.45, 7) is 1.93. The highest BCUT2D eigenvalue weighted by Gasteiger charge is 2.19. The average molecular weight is 264 g/mol. The smallest absolute Gasteiger partial charge is 0.222 e. The second kappa shape index (κ2) is 5.39. The molecule has 4 heteroatoms. The Bertz CT molecular complexity index is 412. The fraction of sp³-hybridized carbons (Fsp3) is 0.714. The summed E-state index contributed by atoms with van der Waals surface area (Å²) in [5, 5.41) is 1.18. The summed E-state index contributed by atoms with van der Waals surface area (Å²) in [5.41, 5.74) is 1.31. The largest absolute Gasteiger partial charge is 0.343 e. The predicted molar refractivity (Wildman–Crippen MR) is 72.9 cm³/mol. The van der Waals surface area contributed by atoms with Crippen LogP contribution in [0.2, 0.25) is 0 Å². The fourth-order valence-corrected chi connectivity index (χ4v) is 4.01. The summed E-state index contributed by atoms with van der Waals surface area (Å²) < 4.78 is 0. The molecule has 1 aliphatic carbocycles. The minimum Gasteiger partial charge on any atom is -0.343 e. The van der Waals surface area contributed by atoms with Crippen LogP contribution in [0, 0.1) is 0 Å². The zero-order valence-corrected chi connectivity index (χ0v) is 11.6. The van der Waals surface area contributed by atoms with Crippen LogP contribution in [0.3, 0.4) is 0 Å². The van der Waals surface area contributed by atoms with Crippen LogP contribution in [0.25, 0.3) is 0 Å². The van der Waals surface area contributed by atoms with Gasteiger partial charge >= 0.3 is 0 Å². The number of aryl methyl sites for hydroxylation is 3. The number of fused-ring (bicyclic) bond motifs is 1. The lowest BCUT2D eigenvalue weighted by Crippen LogP contribution is -2.27. The van der Waals surface area contributed by atoms with Crippen molar-refractivity contribution < 1.29 is 4.79 Å². The molecule has 2 heterocycles. The molecule has 1 aliphatic heterocycles. The van der Waals surface area contributed by atoms with Gasteiger partial charge in [0.15, 0.2) is 0 Å². The number of thiazole rings is 1. The molecule has 0 atom stereocenters. The summed E-state index contributed by atoms with van der Waals surface area (Å²) in [6, 6.07) is 0. The van der Waals surface area contributed by atoms with Crippen LogP contribution in [0.5, 0.6) is 0 Å². The van der Waals surface area contributed by atoms with Gasteiger partial charge in [0.25, 0.3) is 0 Å². The minimum absolute atomic E-state index is 0.320. The third-order valence-electron chi connectivity index (χ3n) is 3.90. The van der Waals surface area contributed by atoms with Crippen molar-refractivity contribution in [3.05, 3.63) is 15.6 Å². The molecule has 0 spiro atoms. The van der Waals surface area contributed by atoms with Gasteiger partial charge < -0.3 is 4.90 Å². The number of hydrogen-bond acceptors (Lipinski definition) is 3. The number of hydrogen-bond donors (Lipinski definition) is 0. The Kier molecular flexibility index (Phi) is 3.64. The van der Waals surface area contributed by atoms with Crippen molar-refractivity contribution in [3.63, 3.8) is 0 Å². The molecule has 2 aliphatic rings. The molecule has 3 nitrogen and oxygen atoms in total. The molecule has 0 unspecified atom stereocenters. The zero-order chi connectivity index (χ0) is 12.4. The minimum atomic E-state index is 0.320. The van der Waals surface area contributed by atoms with Crippen molar-refractivity contribution in [2.45, 2.75) is 51.4 Å². The maximum Gasteiger partial charge on any atom is 0.222 e. The fourth-order valence-electron chi connectivity index (χ4n) is 2.85. The maximum absolute atomic E-state index is 12.0. The van der Waals surface area contributed by atoms with E-state index in [1.54, 1.807) is 0 Å². The van der Waals surface area contributed by atoms with Crippen molar-refractivity contribution in [2.24, 2.45) is 0 Å². The molecule has 1 fully saturated rings. The average Bonchev–Trinajstić information content (AvgIpc) is 3.04. The molecule has 0 bridgehead atoms. The van der Waals surface area contributed by atoms with Crippen LogP contribution in [0.15, 0.2) is 0 Å². The first kappa shape index (κ1) is 12.2. The van der Waals surface area contributed by atoms with Gasteiger partial charge in [0, 0.05) is 30.8 Å². The standard InChI is InChI=1S/C14H20N2OS/c17-14(16-9-3-4-10-16)8-7-13-15-11-5-1-2-6-12(11)18-13/h1-10H2. The van der Waals surface area contributed by atoms with Gasteiger partial charge in [0.2, 0.25) is 5.91 Å². The first-order valence-corrected chi connectivity index (χ1v) is 7.90. The molecule has 98 valence electrons. The summed E-state index contributed by atoms with van der Waals surface area (Å²) >= 11 is 1.84. The lowest BCUT2D eigenvalue weighted by Gasteiger charge is -2.14. The van der Waals surface area contributed by atoms with Gasteiger partial charge in [-0.1, -0.05) is 0 Å². The normalized spacial score (nSPS) is 19.0. The van der Waals surface area contributed by atoms with E-state index in [1.807, 2.05) is 16.2 Å². The van der Waals surface area contributed by atoms with E-state index in [0.717, 1.165) is 25.9 Å². The lowest BCUT2D eigenvalue weighted by atomic mass is 10.0. The van der Waals surface area contributed by atoms with Crippen molar-refractivity contribution in [2.75, 3.05) is 13.1 Å². The highest BCUT2D eigenvalue weighted by Crippen LogP contribution is 2.27. The number of likely N-dealkylation sites (tertiary alicyclic amines) is 1. The second-order valence-electron chi connectivity index (χ2n) is 5.27. The van der Waals surface area contributed by atoms with Crippen molar-refractivity contribution in [1.82, 2.24) is 9.88 Å². The highest BCUT2D eigenvalue weighted by atomic mass is 32.1. The number of amides is 1. The SMILES string of the molecule is O=C(CCc1nc2c(s1)CCCC2)N1CCCC1. The van der Waals surface area contributed by atoms with Crippen LogP contribution in [-0.2, 0) is 24.1 Å². The van der Waals surface area contributed by atoms with Crippen LogP contribution in [-0.4, -0.2) is 28.9 Å². The lowest BCUT2D eigenvalue weighted by molar-refractivity contribution is -0.130. The van der Waals surface area contributed by atoms with Gasteiger partial charge in [-0.15, -0.1) is 11.3 Å². The molecule has 1 aromatic heterocycles. The van der Waals surface area contributed by atoms with E-state index >= 15 is 0 Å². The zero-order valence-electron chi connectivity index (χ0n) is 10.8. The van der Waals surface area contributed by atoms with Crippen molar-refractivity contribution >= 4 is 17.2 Å². The topological polar surface area (TPSA) is 33.2 Å². The van der Waals surface area contributed by atoms with E-state index in [4.69, 9.17) is 4.98 Å². The van der Waals surface area contributed by atoms with Crippen LogP contribution < -0.4 is 0 Å². The number of aromatic nitrogens is 1. The van der Waals surface area contributed by atoms with E-state index in [2.05, 4.69) is 0 Å². The van der Waals surface area contributed by atoms with Gasteiger partial charge in [-0.2, -0.15) is 0 Å². The van der Waals surface area contributed by atoms with E-state index in [9.17, 15) is 4.79 Å². The Morgan fingerprint density at radius 2 is 1.94 bits per heavy atom. The third-order valence-corrected chi connectivity index (χ3v) is 5.12. The van der Waals surface area contributed by atoms with Crippen molar-refractivity contribution in [1.29, 1.82) is 0 Å². The second-order valence-corrected chi connectivity index (χ2v) is 6.44. The molecule has 0 N–H and O–H groups in total. The molecule has 18 heavy (non-hydrogen) atoms. The number of rotatable bonds is 3. The van der Waals surface area contributed by atoms with Crippen molar-refractivity contribution in [3.8, 4) is 0 Å². The van der Waals surface area contributed by atoms with Crippen LogP contribution >= 0.6 is 11.3 Å². The molecule has 3 rings (SSSR count). The molecule has 1 aromatic rings. The van der Waals surface area contributed by atoms with Gasteiger partial charge in [-0.3, -0.25) is 4.79 Å². The first-order valence-electron chi connectivity index (χ1n) is 7.08. The molecule has 1 saturated heterocycles. The van der Waals surface area contributed by atoms with Gasteiger partial charge in [-0.25, -0.2) is 4.98 Å². The van der Waals surface area contributed by atoms with Gasteiger partial charge in [-0.05, 0) is 38.5 Å². The van der Waals surface area contributed by atoms with E-state index in [1.165, 1.54) is 47.7 Å². The van der Waals surface area contributed by atoms with E-state index in [0.29, 0.717) is 12.3 Å². The highest BCUT2D eigenvalue weighted by molar-refractivity contribution is 7.11. The van der Waals surface area contributed by atoms with Crippen LogP contribution in [0.1, 0.15) is 47.7 Å². The summed E-state index contributed by atoms with van der Waals surface area (Å²) in [5.74, 6) is 0.320. The Hall–Kier alpha value is -0.900. The maximum atomic E-state index is 12.0. The third kappa shape index (κ3) is 2.58. The molecule has 1 amide bonds. The van der Waals surface area contributed by atoms with E-state index in [-0.39, 0.29) is 0 Å². The summed E-state index contributed by atoms with van der Waals surface area (Å²) in [6.07, 6.45) is 8.77. The Labute approximate surface area is 112 Å². The Balaban J connectivity index is 1.56. The molecular formula is C14H20N2OS. The number of nitrogens with zero attached hydrogens (tertiary/aromatic N) is 2. The van der Waals surface area contributed by atoms with Gasteiger partial charge in [0.1, 0.15) is 0 Å². The Morgan fingerprint density at radius 1 is 1.17 bits per heavy atom. The number of carbonyl (C=O) groups is 1. The summed E-state index contributed by atoms with van der Waals surface area (Å²) in [7, 11) is 0. The van der Waals surface area contributed by atoms with Gasteiger partial charge in [0.05, 0.1) is 10.7 Å². The van der Waals surface area contributed by atoms with Crippen LogP contribution in [0.4, 0.5) is 0 Å². The monoisotopic (exact) mass is 264 g/mol.